The molecule has 0 aliphatic rings. The van der Waals surface area contributed by atoms with Crippen LogP contribution in [-0.4, -0.2) is 29.5 Å². The molecule has 0 fully saturated rings. The van der Waals surface area contributed by atoms with Gasteiger partial charge in [0.15, 0.2) is 0 Å². The Kier molecular flexibility index (Phi) is 5.91. The van der Waals surface area contributed by atoms with Crippen LogP contribution in [-0.2, 0) is 4.74 Å². The van der Waals surface area contributed by atoms with Gasteiger partial charge in [-0.3, -0.25) is 0 Å². The lowest BCUT2D eigenvalue weighted by molar-refractivity contribution is 0.0553. The summed E-state index contributed by atoms with van der Waals surface area (Å²) in [5, 5.41) is 4.56. The molecule has 0 amide bonds. The van der Waals surface area contributed by atoms with Gasteiger partial charge in [0.25, 0.3) is 5.89 Å². The third-order valence-corrected chi connectivity index (χ3v) is 4.08. The maximum atomic E-state index is 6.32. The predicted octanol–water partition coefficient (Wildman–Crippen LogP) is 5.17. The van der Waals surface area contributed by atoms with E-state index >= 15 is 0 Å². The summed E-state index contributed by atoms with van der Waals surface area (Å²) in [6, 6.07) is 13.3. The van der Waals surface area contributed by atoms with E-state index in [0.717, 1.165) is 16.7 Å². The van der Waals surface area contributed by atoms with E-state index in [1.54, 1.807) is 12.1 Å². The molecular weight excluding hydrogens is 352 g/mol. The number of nitrogens with zero attached hydrogens (tertiary/aromatic N) is 2. The molecule has 0 atom stereocenters. The van der Waals surface area contributed by atoms with Crippen LogP contribution in [0.4, 0.5) is 0 Å². The highest BCUT2D eigenvalue weighted by Crippen LogP contribution is 2.30. The molecule has 6 heteroatoms. The molecule has 1 heterocycles. The Morgan fingerprint density at radius 2 is 1.92 bits per heavy atom. The van der Waals surface area contributed by atoms with Crippen molar-refractivity contribution in [2.45, 2.75) is 26.9 Å². The zero-order valence-electron chi connectivity index (χ0n) is 15.0. The fourth-order valence-electron chi connectivity index (χ4n) is 2.46. The maximum Gasteiger partial charge on any atom is 0.258 e. The number of hydrogen-bond acceptors (Lipinski definition) is 5. The standard InChI is InChI=1S/C20H21ClN2O3/c1-13(2)24-10-11-25-18-9-8-15(12-17(18)21)19-22-20(26-23-19)16-7-5-4-6-14(16)3/h4-9,12-13H,10-11H2,1-3H3. The Morgan fingerprint density at radius 3 is 2.65 bits per heavy atom. The highest BCUT2D eigenvalue weighted by atomic mass is 35.5. The first-order valence-corrected chi connectivity index (χ1v) is 8.86. The SMILES string of the molecule is Cc1ccccc1-c1nc(-c2ccc(OCCOC(C)C)c(Cl)c2)no1. The van der Waals surface area contributed by atoms with Crippen molar-refractivity contribution in [1.82, 2.24) is 10.1 Å². The summed E-state index contributed by atoms with van der Waals surface area (Å²) < 4.78 is 16.5. The Bertz CT molecular complexity index is 877. The lowest BCUT2D eigenvalue weighted by atomic mass is 10.1. The van der Waals surface area contributed by atoms with E-state index in [1.807, 2.05) is 51.1 Å². The van der Waals surface area contributed by atoms with E-state index in [1.165, 1.54) is 0 Å². The van der Waals surface area contributed by atoms with Gasteiger partial charge >= 0.3 is 0 Å². The van der Waals surface area contributed by atoms with Crippen LogP contribution >= 0.6 is 11.6 Å². The average molecular weight is 373 g/mol. The first-order chi connectivity index (χ1) is 12.5. The summed E-state index contributed by atoms with van der Waals surface area (Å²) in [4.78, 5) is 4.48. The van der Waals surface area contributed by atoms with E-state index < -0.39 is 0 Å². The van der Waals surface area contributed by atoms with Crippen molar-refractivity contribution >= 4 is 11.6 Å². The number of benzene rings is 2. The van der Waals surface area contributed by atoms with Gasteiger partial charge in [0.05, 0.1) is 17.7 Å². The molecule has 0 bridgehead atoms. The van der Waals surface area contributed by atoms with Crippen molar-refractivity contribution < 1.29 is 14.0 Å². The molecule has 0 aliphatic carbocycles. The van der Waals surface area contributed by atoms with Gasteiger partial charge in [0, 0.05) is 11.1 Å². The number of hydrogen-bond donors (Lipinski definition) is 0. The predicted molar refractivity (Wildman–Crippen MR) is 102 cm³/mol. The molecule has 3 rings (SSSR count). The van der Waals surface area contributed by atoms with Gasteiger partial charge in [-0.05, 0) is 50.6 Å². The monoisotopic (exact) mass is 372 g/mol. The van der Waals surface area contributed by atoms with Crippen LogP contribution in [0.3, 0.4) is 0 Å². The summed E-state index contributed by atoms with van der Waals surface area (Å²) in [5.41, 5.74) is 2.76. The number of aryl methyl sites for hydroxylation is 1. The number of halogens is 1. The van der Waals surface area contributed by atoms with Crippen LogP contribution in [0.25, 0.3) is 22.8 Å². The number of rotatable bonds is 7. The van der Waals surface area contributed by atoms with Gasteiger partial charge in [-0.25, -0.2) is 0 Å². The van der Waals surface area contributed by atoms with Gasteiger partial charge < -0.3 is 14.0 Å². The molecule has 0 N–H and O–H groups in total. The summed E-state index contributed by atoms with van der Waals surface area (Å²) in [7, 11) is 0. The van der Waals surface area contributed by atoms with E-state index in [9.17, 15) is 0 Å². The summed E-state index contributed by atoms with van der Waals surface area (Å²) in [5.74, 6) is 1.57. The van der Waals surface area contributed by atoms with Crippen molar-refractivity contribution in [2.75, 3.05) is 13.2 Å². The Hall–Kier alpha value is -2.37. The van der Waals surface area contributed by atoms with Crippen molar-refractivity contribution in [3.8, 4) is 28.6 Å². The topological polar surface area (TPSA) is 57.4 Å². The van der Waals surface area contributed by atoms with Crippen LogP contribution < -0.4 is 4.74 Å². The molecular formula is C20H21ClN2O3. The van der Waals surface area contributed by atoms with Crippen molar-refractivity contribution in [3.05, 3.63) is 53.1 Å². The lowest BCUT2D eigenvalue weighted by Crippen LogP contribution is -2.11. The first kappa shape index (κ1) is 18.4. The van der Waals surface area contributed by atoms with Crippen molar-refractivity contribution in [2.24, 2.45) is 0 Å². The van der Waals surface area contributed by atoms with Crippen molar-refractivity contribution in [3.63, 3.8) is 0 Å². The summed E-state index contributed by atoms with van der Waals surface area (Å²) in [6.45, 7) is 6.93. The zero-order chi connectivity index (χ0) is 18.5. The van der Waals surface area contributed by atoms with Gasteiger partial charge in [-0.2, -0.15) is 4.98 Å². The smallest absolute Gasteiger partial charge is 0.258 e. The Balaban J connectivity index is 1.72. The Morgan fingerprint density at radius 1 is 1.12 bits per heavy atom. The quantitative estimate of drug-likeness (QED) is 0.535. The molecule has 0 aliphatic heterocycles. The molecule has 1 aromatic heterocycles. The first-order valence-electron chi connectivity index (χ1n) is 8.48. The Labute approximate surface area is 157 Å². The fourth-order valence-corrected chi connectivity index (χ4v) is 2.69. The molecule has 0 spiro atoms. The molecule has 136 valence electrons. The minimum Gasteiger partial charge on any atom is -0.490 e. The van der Waals surface area contributed by atoms with Crippen LogP contribution in [0, 0.1) is 6.92 Å². The minimum atomic E-state index is 0.178. The number of ether oxygens (including phenoxy) is 2. The van der Waals surface area contributed by atoms with E-state index in [0.29, 0.717) is 35.7 Å². The third-order valence-electron chi connectivity index (χ3n) is 3.78. The third kappa shape index (κ3) is 4.42. The van der Waals surface area contributed by atoms with Gasteiger partial charge in [-0.15, -0.1) is 0 Å². The van der Waals surface area contributed by atoms with Gasteiger partial charge in [-0.1, -0.05) is 35.0 Å². The van der Waals surface area contributed by atoms with E-state index in [-0.39, 0.29) is 6.10 Å². The average Bonchev–Trinajstić information content (AvgIpc) is 3.10. The van der Waals surface area contributed by atoms with Crippen molar-refractivity contribution in [1.29, 1.82) is 0 Å². The van der Waals surface area contributed by atoms with Crippen LogP contribution in [0.15, 0.2) is 47.0 Å². The largest absolute Gasteiger partial charge is 0.490 e. The van der Waals surface area contributed by atoms with Crippen LogP contribution in [0.2, 0.25) is 5.02 Å². The van der Waals surface area contributed by atoms with Gasteiger partial charge in [0.1, 0.15) is 12.4 Å². The molecule has 0 radical (unpaired) electrons. The van der Waals surface area contributed by atoms with E-state index in [4.69, 9.17) is 25.6 Å². The van der Waals surface area contributed by atoms with E-state index in [2.05, 4.69) is 10.1 Å². The molecule has 0 saturated heterocycles. The molecule has 3 aromatic rings. The van der Waals surface area contributed by atoms with Gasteiger partial charge in [0.2, 0.25) is 5.82 Å². The second-order valence-electron chi connectivity index (χ2n) is 6.15. The highest BCUT2D eigenvalue weighted by Gasteiger charge is 2.13. The molecule has 2 aromatic carbocycles. The minimum absolute atomic E-state index is 0.178. The fraction of sp³-hybridized carbons (Fsp3) is 0.300. The van der Waals surface area contributed by atoms with Crippen LogP contribution in [0.5, 0.6) is 5.75 Å². The maximum absolute atomic E-state index is 6.32. The molecule has 26 heavy (non-hydrogen) atoms. The molecule has 0 unspecified atom stereocenters. The normalized spacial score (nSPS) is 11.1. The van der Waals surface area contributed by atoms with Crippen LogP contribution in [0.1, 0.15) is 19.4 Å². The summed E-state index contributed by atoms with van der Waals surface area (Å²) >= 11 is 6.32. The molecule has 0 saturated carbocycles. The molecule has 5 nitrogen and oxygen atoms in total. The number of aromatic nitrogens is 2. The second-order valence-corrected chi connectivity index (χ2v) is 6.56. The summed E-state index contributed by atoms with van der Waals surface area (Å²) in [6.07, 6.45) is 0.178. The second kappa shape index (κ2) is 8.34. The highest BCUT2D eigenvalue weighted by molar-refractivity contribution is 6.32. The lowest BCUT2D eigenvalue weighted by Gasteiger charge is -2.10. The zero-order valence-corrected chi connectivity index (χ0v) is 15.8.